The molecule has 0 atom stereocenters. The smallest absolute Gasteiger partial charge is 0.191 e. The molecule has 0 radical (unpaired) electrons. The van der Waals surface area contributed by atoms with Crippen molar-refractivity contribution in [3.63, 3.8) is 0 Å². The molecule has 0 saturated heterocycles. The molecule has 3 rings (SSSR count). The number of methoxy groups -OCH3 is 1. The normalized spacial score (nSPS) is 10.6. The van der Waals surface area contributed by atoms with Crippen molar-refractivity contribution in [2.24, 2.45) is 0 Å². The van der Waals surface area contributed by atoms with Crippen LogP contribution in [-0.4, -0.2) is 38.4 Å². The first-order valence-corrected chi connectivity index (χ1v) is 8.86. The Labute approximate surface area is 150 Å². The molecule has 0 spiro atoms. The molecule has 7 heteroatoms. The van der Waals surface area contributed by atoms with E-state index >= 15 is 0 Å². The summed E-state index contributed by atoms with van der Waals surface area (Å²) in [5.41, 5.74) is 1.34. The fourth-order valence-electron chi connectivity index (χ4n) is 2.45. The zero-order chi connectivity index (χ0) is 17.6. The van der Waals surface area contributed by atoms with Gasteiger partial charge in [0, 0.05) is 12.7 Å². The standard InChI is InChI=1S/C18H18N4O2S/c1-3-22-17(14-9-6-7-11-19-14)20-21-18(22)25-12-15(23)13-8-4-5-10-16(13)24-2/h4-11H,3,12H2,1-2H3. The third-order valence-electron chi connectivity index (χ3n) is 3.67. The number of nitrogens with zero attached hydrogens (tertiary/aromatic N) is 4. The van der Waals surface area contributed by atoms with Crippen LogP contribution >= 0.6 is 11.8 Å². The Kier molecular flexibility index (Phi) is 5.45. The SMILES string of the molecule is CCn1c(SCC(=O)c2ccccc2OC)nnc1-c1ccccn1. The van der Waals surface area contributed by atoms with E-state index in [0.717, 1.165) is 5.69 Å². The molecular weight excluding hydrogens is 336 g/mol. The van der Waals surface area contributed by atoms with Gasteiger partial charge in [-0.05, 0) is 31.2 Å². The molecule has 0 N–H and O–H groups in total. The molecule has 0 aliphatic rings. The van der Waals surface area contributed by atoms with Crippen LogP contribution in [0.1, 0.15) is 17.3 Å². The quantitative estimate of drug-likeness (QED) is 0.479. The molecule has 2 heterocycles. The minimum Gasteiger partial charge on any atom is -0.496 e. The van der Waals surface area contributed by atoms with Gasteiger partial charge in [-0.3, -0.25) is 9.78 Å². The lowest BCUT2D eigenvalue weighted by atomic mass is 10.1. The summed E-state index contributed by atoms with van der Waals surface area (Å²) in [6, 6.07) is 12.9. The van der Waals surface area contributed by atoms with Crippen LogP contribution in [0.4, 0.5) is 0 Å². The molecule has 1 aromatic carbocycles. The number of pyridine rings is 1. The number of rotatable bonds is 7. The number of thioether (sulfide) groups is 1. The molecule has 0 bridgehead atoms. The first-order chi connectivity index (χ1) is 12.2. The summed E-state index contributed by atoms with van der Waals surface area (Å²) in [5, 5.41) is 9.16. The molecule has 0 fully saturated rings. The summed E-state index contributed by atoms with van der Waals surface area (Å²) in [6.07, 6.45) is 1.72. The van der Waals surface area contributed by atoms with E-state index in [1.165, 1.54) is 11.8 Å². The van der Waals surface area contributed by atoms with Crippen LogP contribution in [-0.2, 0) is 6.54 Å². The average molecular weight is 354 g/mol. The third-order valence-corrected chi connectivity index (χ3v) is 4.63. The van der Waals surface area contributed by atoms with Crippen LogP contribution < -0.4 is 4.74 Å². The number of hydrogen-bond donors (Lipinski definition) is 0. The maximum Gasteiger partial charge on any atom is 0.191 e. The zero-order valence-electron chi connectivity index (χ0n) is 14.0. The third kappa shape index (κ3) is 3.71. The maximum absolute atomic E-state index is 12.5. The van der Waals surface area contributed by atoms with E-state index in [4.69, 9.17) is 4.74 Å². The predicted molar refractivity (Wildman–Crippen MR) is 97.0 cm³/mol. The molecule has 0 aliphatic heterocycles. The van der Waals surface area contributed by atoms with Crippen molar-refractivity contribution < 1.29 is 9.53 Å². The van der Waals surface area contributed by atoms with Crippen molar-refractivity contribution in [3.05, 3.63) is 54.2 Å². The van der Waals surface area contributed by atoms with Crippen molar-refractivity contribution >= 4 is 17.5 Å². The topological polar surface area (TPSA) is 69.9 Å². The molecule has 0 saturated carbocycles. The molecule has 0 amide bonds. The van der Waals surface area contributed by atoms with Crippen LogP contribution in [0, 0.1) is 0 Å². The van der Waals surface area contributed by atoms with Crippen LogP contribution in [0.3, 0.4) is 0 Å². The van der Waals surface area contributed by atoms with E-state index in [-0.39, 0.29) is 11.5 Å². The van der Waals surface area contributed by atoms with Gasteiger partial charge in [-0.25, -0.2) is 0 Å². The van der Waals surface area contributed by atoms with Crippen LogP contribution in [0.25, 0.3) is 11.5 Å². The summed E-state index contributed by atoms with van der Waals surface area (Å²) < 4.78 is 7.21. The predicted octanol–water partition coefficient (Wildman–Crippen LogP) is 3.34. The molecular formula is C18H18N4O2S. The Morgan fingerprint density at radius 2 is 1.96 bits per heavy atom. The highest BCUT2D eigenvalue weighted by Gasteiger charge is 2.17. The van der Waals surface area contributed by atoms with Crippen molar-refractivity contribution in [3.8, 4) is 17.3 Å². The number of ether oxygens (including phenoxy) is 1. The Balaban J connectivity index is 1.78. The van der Waals surface area contributed by atoms with E-state index in [1.807, 2.05) is 41.8 Å². The monoisotopic (exact) mass is 354 g/mol. The lowest BCUT2D eigenvalue weighted by molar-refractivity contribution is 0.101. The first kappa shape index (κ1) is 17.2. The molecule has 2 aromatic heterocycles. The van der Waals surface area contributed by atoms with Gasteiger partial charge in [0.1, 0.15) is 11.4 Å². The highest BCUT2D eigenvalue weighted by atomic mass is 32.2. The summed E-state index contributed by atoms with van der Waals surface area (Å²) in [7, 11) is 1.56. The maximum atomic E-state index is 12.5. The summed E-state index contributed by atoms with van der Waals surface area (Å²) >= 11 is 1.37. The second kappa shape index (κ2) is 7.94. The molecule has 0 unspecified atom stereocenters. The largest absolute Gasteiger partial charge is 0.496 e. The van der Waals surface area contributed by atoms with Gasteiger partial charge in [0.2, 0.25) is 0 Å². The van der Waals surface area contributed by atoms with Gasteiger partial charge < -0.3 is 9.30 Å². The van der Waals surface area contributed by atoms with Crippen molar-refractivity contribution in [2.75, 3.05) is 12.9 Å². The molecule has 128 valence electrons. The summed E-state index contributed by atoms with van der Waals surface area (Å²) in [5.74, 6) is 1.54. The molecule has 6 nitrogen and oxygen atoms in total. The van der Waals surface area contributed by atoms with Gasteiger partial charge in [0.05, 0.1) is 18.4 Å². The minimum absolute atomic E-state index is 0.00695. The zero-order valence-corrected chi connectivity index (χ0v) is 14.9. The van der Waals surface area contributed by atoms with Crippen molar-refractivity contribution in [1.82, 2.24) is 19.7 Å². The number of carbonyl (C=O) groups is 1. The number of aromatic nitrogens is 4. The highest BCUT2D eigenvalue weighted by Crippen LogP contribution is 2.25. The van der Waals surface area contributed by atoms with Gasteiger partial charge in [-0.1, -0.05) is 30.0 Å². The summed E-state index contributed by atoms with van der Waals surface area (Å²) in [4.78, 5) is 16.8. The molecule has 0 aliphatic carbocycles. The second-order valence-corrected chi connectivity index (χ2v) is 6.12. The number of para-hydroxylation sites is 1. The van der Waals surface area contributed by atoms with Gasteiger partial charge >= 0.3 is 0 Å². The van der Waals surface area contributed by atoms with Crippen LogP contribution in [0.5, 0.6) is 5.75 Å². The lowest BCUT2D eigenvalue weighted by Gasteiger charge is -2.08. The van der Waals surface area contributed by atoms with Gasteiger partial charge in [-0.2, -0.15) is 0 Å². The fraction of sp³-hybridized carbons (Fsp3) is 0.222. The Bertz CT molecular complexity index is 865. The molecule has 3 aromatic rings. The fourth-order valence-corrected chi connectivity index (χ4v) is 3.33. The Hall–Kier alpha value is -2.67. The number of ketones is 1. The lowest BCUT2D eigenvalue weighted by Crippen LogP contribution is -2.07. The van der Waals surface area contributed by atoms with Gasteiger partial charge in [0.15, 0.2) is 16.8 Å². The highest BCUT2D eigenvalue weighted by molar-refractivity contribution is 7.99. The summed E-state index contributed by atoms with van der Waals surface area (Å²) in [6.45, 7) is 2.71. The Morgan fingerprint density at radius 3 is 2.68 bits per heavy atom. The number of carbonyl (C=O) groups excluding carboxylic acids is 1. The number of benzene rings is 1. The van der Waals surface area contributed by atoms with Gasteiger partial charge in [-0.15, -0.1) is 10.2 Å². The first-order valence-electron chi connectivity index (χ1n) is 7.88. The van der Waals surface area contributed by atoms with E-state index < -0.39 is 0 Å². The number of Topliss-reactive ketones (excluding diaryl/α,β-unsaturated/α-hetero) is 1. The van der Waals surface area contributed by atoms with Crippen LogP contribution in [0.2, 0.25) is 0 Å². The van der Waals surface area contributed by atoms with Crippen molar-refractivity contribution in [1.29, 1.82) is 0 Å². The van der Waals surface area contributed by atoms with Gasteiger partial charge in [0.25, 0.3) is 0 Å². The number of hydrogen-bond acceptors (Lipinski definition) is 6. The average Bonchev–Trinajstić information content (AvgIpc) is 3.09. The second-order valence-electron chi connectivity index (χ2n) is 5.18. The van der Waals surface area contributed by atoms with E-state index in [1.54, 1.807) is 25.4 Å². The van der Waals surface area contributed by atoms with Crippen LogP contribution in [0.15, 0.2) is 53.8 Å². The minimum atomic E-state index is -0.00695. The molecule has 25 heavy (non-hydrogen) atoms. The Morgan fingerprint density at radius 1 is 1.16 bits per heavy atom. The van der Waals surface area contributed by atoms with Crippen molar-refractivity contribution in [2.45, 2.75) is 18.6 Å². The van der Waals surface area contributed by atoms with E-state index in [2.05, 4.69) is 15.2 Å². The van der Waals surface area contributed by atoms with E-state index in [9.17, 15) is 4.79 Å². The van der Waals surface area contributed by atoms with E-state index in [0.29, 0.717) is 28.8 Å².